The van der Waals surface area contributed by atoms with Crippen molar-refractivity contribution < 1.29 is 18.5 Å². The molecule has 0 radical (unpaired) electrons. The summed E-state index contributed by atoms with van der Waals surface area (Å²) in [6.45, 7) is 5.43. The van der Waals surface area contributed by atoms with Gasteiger partial charge in [0.1, 0.15) is 17.6 Å². The standard InChI is InChI=1S/C24H24N4O4/c1-13-11-17(15(3)31-13)19-12-18(20-14(2)27-32-23(20)25-19)22(29)26-21(24(30)28(4)5)16-9-7-6-8-10-16/h6-12,21H,1-5H3,(H,26,29)/t21-/m0/s1. The van der Waals surface area contributed by atoms with Gasteiger partial charge in [-0.1, -0.05) is 35.5 Å². The van der Waals surface area contributed by atoms with E-state index in [0.717, 1.165) is 11.3 Å². The zero-order chi connectivity index (χ0) is 23.0. The van der Waals surface area contributed by atoms with Gasteiger partial charge in [0.05, 0.1) is 22.3 Å². The van der Waals surface area contributed by atoms with Crippen LogP contribution in [0.25, 0.3) is 22.4 Å². The number of pyridine rings is 1. The number of carbonyl (C=O) groups is 2. The number of aromatic nitrogens is 2. The third kappa shape index (κ3) is 3.87. The minimum Gasteiger partial charge on any atom is -0.466 e. The average molecular weight is 432 g/mol. The highest BCUT2D eigenvalue weighted by molar-refractivity contribution is 6.08. The molecule has 0 aliphatic carbocycles. The number of aryl methyl sites for hydroxylation is 3. The number of nitrogens with one attached hydrogen (secondary N) is 1. The molecule has 3 aromatic heterocycles. The van der Waals surface area contributed by atoms with Crippen molar-refractivity contribution in [2.75, 3.05) is 14.1 Å². The summed E-state index contributed by atoms with van der Waals surface area (Å²) in [5.74, 6) is 0.757. The van der Waals surface area contributed by atoms with Crippen LogP contribution in [0.15, 0.2) is 51.4 Å². The highest BCUT2D eigenvalue weighted by atomic mass is 16.5. The zero-order valence-corrected chi connectivity index (χ0v) is 18.6. The fraction of sp³-hybridized carbons (Fsp3) is 0.250. The summed E-state index contributed by atoms with van der Waals surface area (Å²) >= 11 is 0. The average Bonchev–Trinajstić information content (AvgIpc) is 3.32. The highest BCUT2D eigenvalue weighted by Gasteiger charge is 2.27. The molecule has 8 nitrogen and oxygen atoms in total. The van der Waals surface area contributed by atoms with Crippen LogP contribution in [0.4, 0.5) is 0 Å². The van der Waals surface area contributed by atoms with Crippen molar-refractivity contribution in [2.45, 2.75) is 26.8 Å². The molecule has 32 heavy (non-hydrogen) atoms. The van der Waals surface area contributed by atoms with E-state index in [1.54, 1.807) is 27.1 Å². The van der Waals surface area contributed by atoms with Crippen LogP contribution in [0, 0.1) is 20.8 Å². The van der Waals surface area contributed by atoms with Crippen LogP contribution in [-0.4, -0.2) is 41.0 Å². The van der Waals surface area contributed by atoms with Crippen molar-refractivity contribution >= 4 is 22.9 Å². The van der Waals surface area contributed by atoms with Gasteiger partial charge in [-0.3, -0.25) is 9.59 Å². The first kappa shape index (κ1) is 21.3. The molecule has 164 valence electrons. The lowest BCUT2D eigenvalue weighted by atomic mass is 10.0. The van der Waals surface area contributed by atoms with E-state index in [9.17, 15) is 9.59 Å². The number of furan rings is 1. The van der Waals surface area contributed by atoms with Crippen LogP contribution < -0.4 is 5.32 Å². The van der Waals surface area contributed by atoms with Crippen molar-refractivity contribution in [3.05, 3.63) is 70.8 Å². The normalized spacial score (nSPS) is 12.0. The molecule has 0 saturated heterocycles. The van der Waals surface area contributed by atoms with Crippen molar-refractivity contribution in [3.8, 4) is 11.3 Å². The predicted octanol–water partition coefficient (Wildman–Crippen LogP) is 3.97. The molecule has 0 bridgehead atoms. The number of carbonyl (C=O) groups excluding carboxylic acids is 2. The monoisotopic (exact) mass is 432 g/mol. The fourth-order valence-electron chi connectivity index (χ4n) is 3.70. The molecule has 0 aliphatic heterocycles. The van der Waals surface area contributed by atoms with Gasteiger partial charge in [0.2, 0.25) is 5.91 Å². The minimum absolute atomic E-state index is 0.238. The molecule has 0 aliphatic rings. The molecule has 3 heterocycles. The van der Waals surface area contributed by atoms with Gasteiger partial charge in [0.15, 0.2) is 0 Å². The van der Waals surface area contributed by atoms with Gasteiger partial charge < -0.3 is 19.2 Å². The maximum atomic E-state index is 13.5. The highest BCUT2D eigenvalue weighted by Crippen LogP contribution is 2.31. The van der Waals surface area contributed by atoms with Crippen molar-refractivity contribution in [1.82, 2.24) is 20.4 Å². The summed E-state index contributed by atoms with van der Waals surface area (Å²) in [5.41, 5.74) is 3.10. The molecule has 0 fully saturated rings. The Labute approximate surface area is 185 Å². The third-order valence-corrected chi connectivity index (χ3v) is 5.27. The Bertz CT molecular complexity index is 1300. The summed E-state index contributed by atoms with van der Waals surface area (Å²) in [5, 5.41) is 7.38. The van der Waals surface area contributed by atoms with E-state index >= 15 is 0 Å². The lowest BCUT2D eigenvalue weighted by Crippen LogP contribution is -2.40. The van der Waals surface area contributed by atoms with Crippen LogP contribution in [0.3, 0.4) is 0 Å². The number of amides is 2. The van der Waals surface area contributed by atoms with Gasteiger partial charge in [-0.25, -0.2) is 4.98 Å². The summed E-state index contributed by atoms with van der Waals surface area (Å²) < 4.78 is 11.0. The minimum atomic E-state index is -0.844. The SMILES string of the molecule is Cc1cc(-c2cc(C(=O)N[C@H](C(=O)N(C)C)c3ccccc3)c3c(C)noc3n2)c(C)o1. The number of rotatable bonds is 5. The summed E-state index contributed by atoms with van der Waals surface area (Å²) in [4.78, 5) is 32.4. The van der Waals surface area contributed by atoms with Crippen LogP contribution in [0.2, 0.25) is 0 Å². The quantitative estimate of drug-likeness (QED) is 0.512. The van der Waals surface area contributed by atoms with E-state index < -0.39 is 11.9 Å². The summed E-state index contributed by atoms with van der Waals surface area (Å²) in [6, 6.07) is 11.8. The first-order valence-corrected chi connectivity index (χ1v) is 10.2. The molecule has 8 heteroatoms. The van der Waals surface area contributed by atoms with Crippen LogP contribution in [-0.2, 0) is 4.79 Å². The zero-order valence-electron chi connectivity index (χ0n) is 18.6. The number of nitrogens with zero attached hydrogens (tertiary/aromatic N) is 3. The van der Waals surface area contributed by atoms with Gasteiger partial charge in [0, 0.05) is 19.7 Å². The second kappa shape index (κ2) is 8.30. The van der Waals surface area contributed by atoms with Crippen LogP contribution in [0.5, 0.6) is 0 Å². The van der Waals surface area contributed by atoms with Gasteiger partial charge in [0.25, 0.3) is 11.6 Å². The van der Waals surface area contributed by atoms with Gasteiger partial charge >= 0.3 is 0 Å². The largest absolute Gasteiger partial charge is 0.466 e. The number of benzene rings is 1. The first-order chi connectivity index (χ1) is 15.3. The Hall–Kier alpha value is -3.94. The van der Waals surface area contributed by atoms with Gasteiger partial charge in [-0.05, 0) is 38.5 Å². The predicted molar refractivity (Wildman–Crippen MR) is 119 cm³/mol. The maximum Gasteiger partial charge on any atom is 0.259 e. The molecule has 2 amide bonds. The number of likely N-dealkylation sites (N-methyl/N-ethyl adjacent to an activating group) is 1. The van der Waals surface area contributed by atoms with Crippen molar-refractivity contribution in [1.29, 1.82) is 0 Å². The van der Waals surface area contributed by atoms with E-state index in [0.29, 0.717) is 33.7 Å². The van der Waals surface area contributed by atoms with E-state index in [1.807, 2.05) is 50.2 Å². The Kier molecular flexibility index (Phi) is 5.52. The molecular weight excluding hydrogens is 408 g/mol. The van der Waals surface area contributed by atoms with Crippen molar-refractivity contribution in [3.63, 3.8) is 0 Å². The van der Waals surface area contributed by atoms with E-state index in [-0.39, 0.29) is 11.6 Å². The van der Waals surface area contributed by atoms with E-state index in [4.69, 9.17) is 8.94 Å². The molecule has 4 aromatic rings. The Morgan fingerprint density at radius 3 is 2.41 bits per heavy atom. The molecule has 1 atom stereocenters. The Morgan fingerprint density at radius 1 is 1.06 bits per heavy atom. The summed E-state index contributed by atoms with van der Waals surface area (Å²) in [6.07, 6.45) is 0. The van der Waals surface area contributed by atoms with Gasteiger partial charge in [-0.15, -0.1) is 0 Å². The van der Waals surface area contributed by atoms with Crippen molar-refractivity contribution in [2.24, 2.45) is 0 Å². The van der Waals surface area contributed by atoms with Crippen LogP contribution >= 0.6 is 0 Å². The Balaban J connectivity index is 1.80. The smallest absolute Gasteiger partial charge is 0.259 e. The second-order valence-corrected chi connectivity index (χ2v) is 7.88. The summed E-state index contributed by atoms with van der Waals surface area (Å²) in [7, 11) is 3.31. The molecule has 0 saturated carbocycles. The number of hydrogen-bond donors (Lipinski definition) is 1. The maximum absolute atomic E-state index is 13.5. The third-order valence-electron chi connectivity index (χ3n) is 5.27. The molecule has 1 aromatic carbocycles. The molecule has 4 rings (SSSR count). The molecule has 1 N–H and O–H groups in total. The second-order valence-electron chi connectivity index (χ2n) is 7.88. The number of fused-ring (bicyclic) bond motifs is 1. The van der Waals surface area contributed by atoms with Gasteiger partial charge in [-0.2, -0.15) is 0 Å². The first-order valence-electron chi connectivity index (χ1n) is 10.2. The molecular formula is C24H24N4O4. The lowest BCUT2D eigenvalue weighted by molar-refractivity contribution is -0.130. The fourth-order valence-corrected chi connectivity index (χ4v) is 3.70. The number of hydrogen-bond acceptors (Lipinski definition) is 6. The lowest BCUT2D eigenvalue weighted by Gasteiger charge is -2.22. The topological polar surface area (TPSA) is 101 Å². The Morgan fingerprint density at radius 2 is 1.78 bits per heavy atom. The van der Waals surface area contributed by atoms with Crippen LogP contribution in [0.1, 0.15) is 39.2 Å². The molecule has 0 spiro atoms. The van der Waals surface area contributed by atoms with E-state index in [2.05, 4.69) is 15.5 Å². The van der Waals surface area contributed by atoms with E-state index in [1.165, 1.54) is 4.90 Å². The molecule has 0 unspecified atom stereocenters.